The largest absolute Gasteiger partial charge is 0.340 e. The number of carbonyl (C=O) groups excluding carboxylic acids is 1. The van der Waals surface area contributed by atoms with Crippen LogP contribution in [0.4, 0.5) is 0 Å². The van der Waals surface area contributed by atoms with Crippen LogP contribution in [0.25, 0.3) is 0 Å². The van der Waals surface area contributed by atoms with Crippen molar-refractivity contribution in [2.45, 2.75) is 57.9 Å². The summed E-state index contributed by atoms with van der Waals surface area (Å²) < 4.78 is 0. The molecule has 2 rings (SSSR count). The van der Waals surface area contributed by atoms with Gasteiger partial charge in [0.15, 0.2) is 0 Å². The second-order valence-corrected chi connectivity index (χ2v) is 6.10. The summed E-state index contributed by atoms with van der Waals surface area (Å²) in [7, 11) is 0. The molecule has 0 radical (unpaired) electrons. The molecule has 2 aliphatic rings. The van der Waals surface area contributed by atoms with Gasteiger partial charge in [0.2, 0.25) is 5.91 Å². The summed E-state index contributed by atoms with van der Waals surface area (Å²) in [5.74, 6) is 0.638. The van der Waals surface area contributed by atoms with Gasteiger partial charge in [0.25, 0.3) is 0 Å². The quantitative estimate of drug-likeness (QED) is 0.744. The molecule has 1 atom stereocenters. The highest BCUT2D eigenvalue weighted by atomic mass is 16.2. The molecule has 1 saturated heterocycles. The molecule has 1 amide bonds. The first kappa shape index (κ1) is 15.3. The van der Waals surface area contributed by atoms with Gasteiger partial charge in [0.1, 0.15) is 0 Å². The minimum Gasteiger partial charge on any atom is -0.340 e. The number of amides is 1. The zero-order valence-corrected chi connectivity index (χ0v) is 12.7. The van der Waals surface area contributed by atoms with Gasteiger partial charge in [-0.2, -0.15) is 5.26 Å². The molecule has 0 N–H and O–H groups in total. The number of nitrogens with zero attached hydrogens (tertiary/aromatic N) is 3. The molecular weight excluding hydrogens is 250 g/mol. The van der Waals surface area contributed by atoms with Crippen LogP contribution in [0, 0.1) is 17.2 Å². The Labute approximate surface area is 122 Å². The summed E-state index contributed by atoms with van der Waals surface area (Å²) in [6.45, 7) is 5.35. The van der Waals surface area contributed by atoms with Crippen molar-refractivity contribution in [3.63, 3.8) is 0 Å². The number of carbonyl (C=O) groups is 1. The molecular formula is C16H27N3O. The average Bonchev–Trinajstić information content (AvgIpc) is 2.77. The number of nitriles is 1. The van der Waals surface area contributed by atoms with E-state index in [1.165, 1.54) is 25.7 Å². The van der Waals surface area contributed by atoms with Crippen LogP contribution in [0.2, 0.25) is 0 Å². The Morgan fingerprint density at radius 2 is 1.75 bits per heavy atom. The van der Waals surface area contributed by atoms with Crippen molar-refractivity contribution >= 4 is 5.91 Å². The lowest BCUT2D eigenvalue weighted by Gasteiger charge is -2.38. The standard InChI is InChI=1S/C16H27N3O/c1-2-15(13-17)18-9-11-19(12-10-18)16(20)14-7-5-3-4-6-8-14/h14-15H,2-12H2,1H3. The first-order chi connectivity index (χ1) is 9.76. The van der Waals surface area contributed by atoms with Gasteiger partial charge in [0, 0.05) is 32.1 Å². The van der Waals surface area contributed by atoms with Gasteiger partial charge in [-0.1, -0.05) is 32.6 Å². The van der Waals surface area contributed by atoms with Crippen LogP contribution in [0.15, 0.2) is 0 Å². The SMILES string of the molecule is CCC(C#N)N1CCN(C(=O)C2CCCCCC2)CC1. The zero-order valence-electron chi connectivity index (χ0n) is 12.7. The van der Waals surface area contributed by atoms with E-state index in [2.05, 4.69) is 17.9 Å². The Morgan fingerprint density at radius 3 is 2.25 bits per heavy atom. The van der Waals surface area contributed by atoms with E-state index in [0.717, 1.165) is 45.4 Å². The summed E-state index contributed by atoms with van der Waals surface area (Å²) in [4.78, 5) is 16.8. The third kappa shape index (κ3) is 3.73. The van der Waals surface area contributed by atoms with Crippen LogP contribution in [0.3, 0.4) is 0 Å². The van der Waals surface area contributed by atoms with Gasteiger partial charge in [-0.3, -0.25) is 9.69 Å². The number of rotatable bonds is 3. The van der Waals surface area contributed by atoms with Crippen LogP contribution in [-0.4, -0.2) is 47.9 Å². The van der Waals surface area contributed by atoms with E-state index in [-0.39, 0.29) is 12.0 Å². The summed E-state index contributed by atoms with van der Waals surface area (Å²) in [5, 5.41) is 9.12. The third-order valence-electron chi connectivity index (χ3n) is 4.81. The van der Waals surface area contributed by atoms with E-state index < -0.39 is 0 Å². The molecule has 1 heterocycles. The van der Waals surface area contributed by atoms with Gasteiger partial charge in [-0.05, 0) is 19.3 Å². The van der Waals surface area contributed by atoms with Crippen molar-refractivity contribution in [1.29, 1.82) is 5.26 Å². The predicted octanol–water partition coefficient (Wildman–Crippen LogP) is 2.40. The van der Waals surface area contributed by atoms with Gasteiger partial charge in [-0.25, -0.2) is 0 Å². The van der Waals surface area contributed by atoms with Crippen molar-refractivity contribution in [3.8, 4) is 6.07 Å². The van der Waals surface area contributed by atoms with E-state index in [0.29, 0.717) is 5.91 Å². The Balaban J connectivity index is 1.83. The maximum Gasteiger partial charge on any atom is 0.225 e. The summed E-state index contributed by atoms with van der Waals surface area (Å²) in [6.07, 6.45) is 8.03. The maximum atomic E-state index is 12.6. The number of hydrogen-bond donors (Lipinski definition) is 0. The molecule has 0 aromatic rings. The lowest BCUT2D eigenvalue weighted by Crippen LogP contribution is -2.52. The molecule has 4 nitrogen and oxygen atoms in total. The molecule has 0 aromatic heterocycles. The van der Waals surface area contributed by atoms with E-state index >= 15 is 0 Å². The molecule has 1 saturated carbocycles. The van der Waals surface area contributed by atoms with Crippen LogP contribution in [0.5, 0.6) is 0 Å². The highest BCUT2D eigenvalue weighted by Gasteiger charge is 2.29. The van der Waals surface area contributed by atoms with Crippen molar-refractivity contribution in [2.24, 2.45) is 5.92 Å². The Hall–Kier alpha value is -1.08. The second kappa shape index (κ2) is 7.64. The maximum absolute atomic E-state index is 12.6. The third-order valence-corrected chi connectivity index (χ3v) is 4.81. The average molecular weight is 277 g/mol. The fourth-order valence-corrected chi connectivity index (χ4v) is 3.47. The zero-order chi connectivity index (χ0) is 14.4. The summed E-state index contributed by atoms with van der Waals surface area (Å²) in [6, 6.07) is 2.38. The molecule has 0 spiro atoms. The van der Waals surface area contributed by atoms with Gasteiger partial charge in [0.05, 0.1) is 12.1 Å². The molecule has 0 aromatic carbocycles. The Kier molecular flexibility index (Phi) is 5.85. The Bertz CT molecular complexity index is 347. The first-order valence-electron chi connectivity index (χ1n) is 8.18. The minimum absolute atomic E-state index is 0.0186. The van der Waals surface area contributed by atoms with E-state index in [9.17, 15) is 4.79 Å². The van der Waals surface area contributed by atoms with Crippen molar-refractivity contribution < 1.29 is 4.79 Å². The molecule has 0 bridgehead atoms. The van der Waals surface area contributed by atoms with Crippen molar-refractivity contribution in [3.05, 3.63) is 0 Å². The lowest BCUT2D eigenvalue weighted by atomic mass is 9.98. The van der Waals surface area contributed by atoms with Gasteiger partial charge >= 0.3 is 0 Å². The number of piperazine rings is 1. The summed E-state index contributed by atoms with van der Waals surface area (Å²) in [5.41, 5.74) is 0. The topological polar surface area (TPSA) is 47.3 Å². The van der Waals surface area contributed by atoms with Gasteiger partial charge < -0.3 is 4.90 Å². The number of hydrogen-bond acceptors (Lipinski definition) is 3. The monoisotopic (exact) mass is 277 g/mol. The molecule has 1 aliphatic carbocycles. The predicted molar refractivity (Wildman–Crippen MR) is 79.0 cm³/mol. The van der Waals surface area contributed by atoms with Gasteiger partial charge in [-0.15, -0.1) is 0 Å². The Morgan fingerprint density at radius 1 is 1.15 bits per heavy atom. The highest BCUT2D eigenvalue weighted by molar-refractivity contribution is 5.79. The fraction of sp³-hybridized carbons (Fsp3) is 0.875. The summed E-state index contributed by atoms with van der Waals surface area (Å²) >= 11 is 0. The van der Waals surface area contributed by atoms with Crippen LogP contribution >= 0.6 is 0 Å². The molecule has 2 fully saturated rings. The minimum atomic E-state index is 0.0186. The second-order valence-electron chi connectivity index (χ2n) is 6.10. The lowest BCUT2D eigenvalue weighted by molar-refractivity contribution is -0.137. The van der Waals surface area contributed by atoms with E-state index in [1.54, 1.807) is 0 Å². The molecule has 1 aliphatic heterocycles. The van der Waals surface area contributed by atoms with E-state index in [4.69, 9.17) is 5.26 Å². The van der Waals surface area contributed by atoms with Crippen LogP contribution in [-0.2, 0) is 4.79 Å². The normalized spacial score (nSPS) is 23.9. The highest BCUT2D eigenvalue weighted by Crippen LogP contribution is 2.25. The first-order valence-corrected chi connectivity index (χ1v) is 8.18. The van der Waals surface area contributed by atoms with Crippen LogP contribution in [0.1, 0.15) is 51.9 Å². The molecule has 4 heteroatoms. The van der Waals surface area contributed by atoms with Crippen LogP contribution < -0.4 is 0 Å². The molecule has 112 valence electrons. The molecule has 20 heavy (non-hydrogen) atoms. The van der Waals surface area contributed by atoms with E-state index in [1.807, 2.05) is 4.90 Å². The fourth-order valence-electron chi connectivity index (χ4n) is 3.47. The van der Waals surface area contributed by atoms with Crippen molar-refractivity contribution in [1.82, 2.24) is 9.80 Å². The molecule has 1 unspecified atom stereocenters. The smallest absolute Gasteiger partial charge is 0.225 e. The van der Waals surface area contributed by atoms with Crippen molar-refractivity contribution in [2.75, 3.05) is 26.2 Å².